The lowest BCUT2D eigenvalue weighted by molar-refractivity contribution is -0.137. The molecule has 0 aliphatic rings. The summed E-state index contributed by atoms with van der Waals surface area (Å²) in [6, 6.07) is 11.0. The molecule has 1 heterocycles. The third-order valence-electron chi connectivity index (χ3n) is 3.06. The first-order valence-electron chi connectivity index (χ1n) is 6.72. The highest BCUT2D eigenvalue weighted by molar-refractivity contribution is 5.95. The summed E-state index contributed by atoms with van der Waals surface area (Å²) < 4.78 is 4.90. The maximum atomic E-state index is 12.4. The fourth-order valence-corrected chi connectivity index (χ4v) is 1.98. The molecule has 7 nitrogen and oxygen atoms in total. The second-order valence-corrected chi connectivity index (χ2v) is 4.65. The number of carbonyl (C=O) groups is 2. The average molecular weight is 303 g/mol. The molecule has 0 unspecified atom stereocenters. The van der Waals surface area contributed by atoms with E-state index in [2.05, 4.69) is 10.2 Å². The average Bonchev–Trinajstić information content (AvgIpc) is 3.01. The van der Waals surface area contributed by atoms with Gasteiger partial charge in [0.05, 0.1) is 12.3 Å². The van der Waals surface area contributed by atoms with E-state index < -0.39 is 11.9 Å². The zero-order valence-electron chi connectivity index (χ0n) is 12.2. The molecule has 1 aromatic heterocycles. The highest BCUT2D eigenvalue weighted by Crippen LogP contribution is 2.17. The lowest BCUT2D eigenvalue weighted by atomic mass is 10.1. The third kappa shape index (κ3) is 3.92. The molecule has 116 valence electrons. The molecule has 1 amide bonds. The smallest absolute Gasteiger partial charge is 0.323 e. The topological polar surface area (TPSA) is 95.5 Å². The molecule has 2 N–H and O–H groups in total. The molecule has 2 rings (SSSR count). The van der Waals surface area contributed by atoms with E-state index in [1.54, 1.807) is 6.07 Å². The summed E-state index contributed by atoms with van der Waals surface area (Å²) in [6.07, 6.45) is 0. The lowest BCUT2D eigenvalue weighted by Gasteiger charge is -2.19. The van der Waals surface area contributed by atoms with E-state index in [9.17, 15) is 9.59 Å². The molecule has 0 saturated heterocycles. The number of methoxy groups -OCH3 is 1. The van der Waals surface area contributed by atoms with Crippen molar-refractivity contribution in [1.82, 2.24) is 15.1 Å². The first-order valence-corrected chi connectivity index (χ1v) is 6.72. The van der Waals surface area contributed by atoms with Gasteiger partial charge in [-0.05, 0) is 6.07 Å². The van der Waals surface area contributed by atoms with Gasteiger partial charge in [-0.15, -0.1) is 0 Å². The van der Waals surface area contributed by atoms with Crippen LogP contribution in [0.1, 0.15) is 10.5 Å². The number of amides is 1. The first-order chi connectivity index (χ1) is 10.6. The molecule has 0 fully saturated rings. The Morgan fingerprint density at radius 3 is 2.68 bits per heavy atom. The fraction of sp³-hybridized carbons (Fsp3) is 0.267. The van der Waals surface area contributed by atoms with Gasteiger partial charge >= 0.3 is 5.97 Å². The first kappa shape index (κ1) is 15.7. The van der Waals surface area contributed by atoms with Crippen molar-refractivity contribution in [3.63, 3.8) is 0 Å². The summed E-state index contributed by atoms with van der Waals surface area (Å²) in [7, 11) is 1.49. The van der Waals surface area contributed by atoms with Crippen LogP contribution in [-0.4, -0.2) is 58.9 Å². The normalized spacial score (nSPS) is 10.4. The van der Waals surface area contributed by atoms with Gasteiger partial charge in [0.2, 0.25) is 0 Å². The third-order valence-corrected chi connectivity index (χ3v) is 3.06. The van der Waals surface area contributed by atoms with Crippen LogP contribution in [0.25, 0.3) is 11.3 Å². The van der Waals surface area contributed by atoms with Crippen molar-refractivity contribution >= 4 is 11.9 Å². The van der Waals surface area contributed by atoms with E-state index in [0.29, 0.717) is 5.69 Å². The number of nitrogens with one attached hydrogen (secondary N) is 1. The van der Waals surface area contributed by atoms with E-state index in [0.717, 1.165) is 5.56 Å². The quantitative estimate of drug-likeness (QED) is 0.802. The van der Waals surface area contributed by atoms with Gasteiger partial charge in [0.15, 0.2) is 0 Å². The van der Waals surface area contributed by atoms with Crippen molar-refractivity contribution < 1.29 is 19.4 Å². The largest absolute Gasteiger partial charge is 0.480 e. The van der Waals surface area contributed by atoms with Crippen LogP contribution in [0.3, 0.4) is 0 Å². The number of rotatable bonds is 7. The lowest BCUT2D eigenvalue weighted by Crippen LogP contribution is -2.38. The summed E-state index contributed by atoms with van der Waals surface area (Å²) in [5.74, 6) is -1.50. The maximum Gasteiger partial charge on any atom is 0.323 e. The Balaban J connectivity index is 2.16. The van der Waals surface area contributed by atoms with Gasteiger partial charge in [-0.2, -0.15) is 5.10 Å². The van der Waals surface area contributed by atoms with Gasteiger partial charge in [-0.1, -0.05) is 30.3 Å². The molecule has 22 heavy (non-hydrogen) atoms. The molecule has 0 radical (unpaired) electrons. The number of hydrogen-bond acceptors (Lipinski definition) is 4. The molecule has 7 heteroatoms. The van der Waals surface area contributed by atoms with Crippen LogP contribution in [0.2, 0.25) is 0 Å². The van der Waals surface area contributed by atoms with Gasteiger partial charge in [0.1, 0.15) is 12.2 Å². The highest BCUT2D eigenvalue weighted by atomic mass is 16.5. The predicted octanol–water partition coefficient (Wildman–Crippen LogP) is 1.25. The number of aliphatic carboxylic acids is 1. The number of H-pyrrole nitrogens is 1. The van der Waals surface area contributed by atoms with Crippen LogP contribution < -0.4 is 0 Å². The van der Waals surface area contributed by atoms with E-state index in [4.69, 9.17) is 9.84 Å². The van der Waals surface area contributed by atoms with Crippen LogP contribution >= 0.6 is 0 Å². The summed E-state index contributed by atoms with van der Waals surface area (Å²) in [6.45, 7) is 0.0713. The molecular formula is C15H17N3O4. The molecule has 0 atom stereocenters. The number of aromatic amines is 1. The molecule has 2 aromatic rings. The molecular weight excluding hydrogens is 286 g/mol. The van der Waals surface area contributed by atoms with E-state index >= 15 is 0 Å². The predicted molar refractivity (Wildman–Crippen MR) is 79.4 cm³/mol. The number of nitrogens with zero attached hydrogens (tertiary/aromatic N) is 2. The van der Waals surface area contributed by atoms with Gasteiger partial charge in [0, 0.05) is 19.2 Å². The van der Waals surface area contributed by atoms with Crippen molar-refractivity contribution in [3.05, 3.63) is 42.1 Å². The Bertz CT molecular complexity index is 639. The number of carboxylic acid groups (broad SMARTS) is 1. The summed E-state index contributed by atoms with van der Waals surface area (Å²) in [4.78, 5) is 24.4. The minimum Gasteiger partial charge on any atom is -0.480 e. The Morgan fingerprint density at radius 2 is 2.05 bits per heavy atom. The second kappa shape index (κ2) is 7.37. The number of hydrogen-bond donors (Lipinski definition) is 2. The van der Waals surface area contributed by atoms with E-state index in [1.807, 2.05) is 30.3 Å². The zero-order chi connectivity index (χ0) is 15.9. The van der Waals surface area contributed by atoms with Crippen molar-refractivity contribution in [2.45, 2.75) is 0 Å². The van der Waals surface area contributed by atoms with Crippen LogP contribution in [0.15, 0.2) is 36.4 Å². The number of carboxylic acids is 1. The monoisotopic (exact) mass is 303 g/mol. The van der Waals surface area contributed by atoms with Crippen LogP contribution in [0.5, 0.6) is 0 Å². The van der Waals surface area contributed by atoms with Crippen molar-refractivity contribution in [1.29, 1.82) is 0 Å². The number of carbonyl (C=O) groups excluding carboxylic acids is 1. The van der Waals surface area contributed by atoms with Gasteiger partial charge in [-0.3, -0.25) is 14.7 Å². The number of benzene rings is 1. The van der Waals surface area contributed by atoms with Gasteiger partial charge < -0.3 is 14.7 Å². The van der Waals surface area contributed by atoms with Gasteiger partial charge in [0.25, 0.3) is 5.91 Å². The Labute approximate surface area is 127 Å². The van der Waals surface area contributed by atoms with Crippen molar-refractivity contribution in [2.75, 3.05) is 26.8 Å². The standard InChI is InChI=1S/C15H17N3O4/c1-22-8-7-18(10-14(19)20)15(21)13-9-12(16-17-13)11-5-3-2-4-6-11/h2-6,9H,7-8,10H2,1H3,(H,16,17)(H,19,20). The van der Waals surface area contributed by atoms with Gasteiger partial charge in [-0.25, -0.2) is 0 Å². The van der Waals surface area contributed by atoms with Crippen LogP contribution in [0, 0.1) is 0 Å². The number of ether oxygens (including phenoxy) is 1. The minimum atomic E-state index is -1.08. The van der Waals surface area contributed by atoms with E-state index in [1.165, 1.54) is 12.0 Å². The Hall–Kier alpha value is -2.67. The minimum absolute atomic E-state index is 0.196. The van der Waals surface area contributed by atoms with Crippen LogP contribution in [-0.2, 0) is 9.53 Å². The molecule has 0 spiro atoms. The highest BCUT2D eigenvalue weighted by Gasteiger charge is 2.20. The van der Waals surface area contributed by atoms with E-state index in [-0.39, 0.29) is 25.4 Å². The maximum absolute atomic E-state index is 12.4. The summed E-state index contributed by atoms with van der Waals surface area (Å²) in [5, 5.41) is 15.7. The number of aromatic nitrogens is 2. The van der Waals surface area contributed by atoms with Crippen LogP contribution in [0.4, 0.5) is 0 Å². The molecule has 0 saturated carbocycles. The Kier molecular flexibility index (Phi) is 5.26. The molecule has 1 aromatic carbocycles. The van der Waals surface area contributed by atoms with Crippen molar-refractivity contribution in [2.24, 2.45) is 0 Å². The Morgan fingerprint density at radius 1 is 1.32 bits per heavy atom. The summed E-state index contributed by atoms with van der Waals surface area (Å²) >= 11 is 0. The SMILES string of the molecule is COCCN(CC(=O)O)C(=O)c1cc(-c2ccccc2)n[nH]1. The molecule has 0 aliphatic heterocycles. The fourth-order valence-electron chi connectivity index (χ4n) is 1.98. The summed E-state index contributed by atoms with van der Waals surface area (Å²) in [5.41, 5.74) is 1.75. The van der Waals surface area contributed by atoms with Crippen molar-refractivity contribution in [3.8, 4) is 11.3 Å². The second-order valence-electron chi connectivity index (χ2n) is 4.65. The molecule has 0 aliphatic carbocycles. The zero-order valence-corrected chi connectivity index (χ0v) is 12.2. The molecule has 0 bridgehead atoms.